The zero-order valence-electron chi connectivity index (χ0n) is 15.0. The lowest BCUT2D eigenvalue weighted by atomic mass is 9.95. The number of nitrogens with zero attached hydrogens (tertiary/aromatic N) is 1. The van der Waals surface area contributed by atoms with Crippen molar-refractivity contribution in [1.82, 2.24) is 5.32 Å². The van der Waals surface area contributed by atoms with Crippen molar-refractivity contribution in [3.63, 3.8) is 0 Å². The second-order valence-corrected chi connectivity index (χ2v) is 7.85. The van der Waals surface area contributed by atoms with Crippen molar-refractivity contribution < 1.29 is 19.2 Å². The van der Waals surface area contributed by atoms with Gasteiger partial charge in [-0.2, -0.15) is 0 Å². The summed E-state index contributed by atoms with van der Waals surface area (Å²) in [5, 5.41) is 13.1. The van der Waals surface area contributed by atoms with Gasteiger partial charge in [0, 0.05) is 23.1 Å². The van der Waals surface area contributed by atoms with Crippen molar-refractivity contribution in [2.24, 2.45) is 0 Å². The van der Waals surface area contributed by atoms with Crippen LogP contribution in [-0.2, 0) is 14.3 Å². The minimum Gasteiger partial charge on any atom is -0.452 e. The van der Waals surface area contributed by atoms with Crippen molar-refractivity contribution in [3.05, 3.63) is 34.4 Å². The Labute approximate surface area is 157 Å². The summed E-state index contributed by atoms with van der Waals surface area (Å²) in [6.45, 7) is 3.25. The van der Waals surface area contributed by atoms with E-state index in [1.165, 1.54) is 30.3 Å². The molecular formula is C18H24N2O5S. The maximum absolute atomic E-state index is 12.2. The first-order valence-corrected chi connectivity index (χ1v) is 9.66. The molecule has 0 spiro atoms. The number of carbonyl (C=O) groups excluding carboxylic acids is 2. The van der Waals surface area contributed by atoms with Crippen molar-refractivity contribution in [2.45, 2.75) is 68.2 Å². The molecule has 0 saturated heterocycles. The zero-order valence-corrected chi connectivity index (χ0v) is 15.8. The molecule has 1 aromatic carbocycles. The third-order valence-electron chi connectivity index (χ3n) is 4.31. The predicted octanol–water partition coefficient (Wildman–Crippen LogP) is 3.46. The number of benzene rings is 1. The van der Waals surface area contributed by atoms with E-state index in [9.17, 15) is 19.7 Å². The average Bonchev–Trinajstić information content (AvgIpc) is 2.62. The number of esters is 1. The quantitative estimate of drug-likeness (QED) is 0.337. The Morgan fingerprint density at radius 2 is 1.81 bits per heavy atom. The highest BCUT2D eigenvalue weighted by Crippen LogP contribution is 2.26. The van der Waals surface area contributed by atoms with Gasteiger partial charge in [-0.1, -0.05) is 19.3 Å². The van der Waals surface area contributed by atoms with E-state index in [0.717, 1.165) is 30.6 Å². The number of carbonyl (C=O) groups is 2. The molecular weight excluding hydrogens is 356 g/mol. The van der Waals surface area contributed by atoms with E-state index >= 15 is 0 Å². The summed E-state index contributed by atoms with van der Waals surface area (Å²) in [6, 6.07) is 6.13. The molecule has 0 aliphatic heterocycles. The molecule has 1 fully saturated rings. The Morgan fingerprint density at radius 3 is 2.38 bits per heavy atom. The number of non-ortho nitro benzene ring substituents is 1. The maximum Gasteiger partial charge on any atom is 0.319 e. The van der Waals surface area contributed by atoms with Crippen LogP contribution in [0.4, 0.5) is 5.69 Å². The molecule has 0 aromatic heterocycles. The Hall–Kier alpha value is -2.09. The number of hydrogen-bond donors (Lipinski definition) is 1. The molecule has 7 nitrogen and oxygen atoms in total. The zero-order chi connectivity index (χ0) is 19.1. The van der Waals surface area contributed by atoms with Gasteiger partial charge in [-0.3, -0.25) is 19.7 Å². The average molecular weight is 380 g/mol. The second kappa shape index (κ2) is 9.56. The van der Waals surface area contributed by atoms with Crippen LogP contribution in [0, 0.1) is 10.1 Å². The summed E-state index contributed by atoms with van der Waals surface area (Å²) < 4.78 is 5.27. The van der Waals surface area contributed by atoms with Gasteiger partial charge in [-0.25, -0.2) is 0 Å². The molecule has 8 heteroatoms. The fourth-order valence-electron chi connectivity index (χ4n) is 2.79. The van der Waals surface area contributed by atoms with Gasteiger partial charge < -0.3 is 10.1 Å². The van der Waals surface area contributed by atoms with Crippen LogP contribution in [0.25, 0.3) is 0 Å². The standard InChI is InChI=1S/C18H24N2O5S/c1-12(17(21)19-14-6-4-3-5-7-14)25-18(22)13(2)26-16-10-8-15(9-11-16)20(23)24/h8-14H,3-7H2,1-2H3,(H,19,21)/t12-,13-/m1/s1. The van der Waals surface area contributed by atoms with Crippen LogP contribution in [0.15, 0.2) is 29.2 Å². The topological polar surface area (TPSA) is 98.5 Å². The van der Waals surface area contributed by atoms with Gasteiger partial charge >= 0.3 is 5.97 Å². The van der Waals surface area contributed by atoms with Gasteiger partial charge in [0.15, 0.2) is 6.10 Å². The first kappa shape index (κ1) is 20.2. The number of nitro benzene ring substituents is 1. The van der Waals surface area contributed by atoms with Crippen LogP contribution in [0.3, 0.4) is 0 Å². The monoisotopic (exact) mass is 380 g/mol. The molecule has 1 aliphatic carbocycles. The normalized spacial score (nSPS) is 17.2. The summed E-state index contributed by atoms with van der Waals surface area (Å²) >= 11 is 1.23. The molecule has 0 radical (unpaired) electrons. The van der Waals surface area contributed by atoms with E-state index in [0.29, 0.717) is 0 Å². The molecule has 1 aromatic rings. The maximum atomic E-state index is 12.2. The number of thioether (sulfide) groups is 1. The molecule has 142 valence electrons. The lowest BCUT2D eigenvalue weighted by molar-refractivity contribution is -0.384. The van der Waals surface area contributed by atoms with E-state index in [-0.39, 0.29) is 17.6 Å². The van der Waals surface area contributed by atoms with Gasteiger partial charge in [-0.05, 0) is 38.8 Å². The number of ether oxygens (including phenoxy) is 1. The highest BCUT2D eigenvalue weighted by molar-refractivity contribution is 8.00. The van der Waals surface area contributed by atoms with E-state index < -0.39 is 22.2 Å². The number of nitrogens with one attached hydrogen (secondary N) is 1. The first-order chi connectivity index (χ1) is 12.4. The fourth-order valence-corrected chi connectivity index (χ4v) is 3.64. The third kappa shape index (κ3) is 6.01. The molecule has 1 saturated carbocycles. The Morgan fingerprint density at radius 1 is 1.19 bits per heavy atom. The van der Waals surface area contributed by atoms with Gasteiger partial charge in [0.1, 0.15) is 5.25 Å². The van der Waals surface area contributed by atoms with E-state index in [4.69, 9.17) is 4.74 Å². The molecule has 2 rings (SSSR count). The lowest BCUT2D eigenvalue weighted by Gasteiger charge is -2.24. The second-order valence-electron chi connectivity index (χ2n) is 6.43. The number of amides is 1. The van der Waals surface area contributed by atoms with Crippen LogP contribution in [-0.4, -0.2) is 34.2 Å². The molecule has 0 bridgehead atoms. The van der Waals surface area contributed by atoms with Crippen LogP contribution in [0.1, 0.15) is 46.0 Å². The molecule has 0 heterocycles. The van der Waals surface area contributed by atoms with Crippen LogP contribution < -0.4 is 5.32 Å². The van der Waals surface area contributed by atoms with Crippen LogP contribution >= 0.6 is 11.8 Å². The van der Waals surface area contributed by atoms with E-state index in [1.807, 2.05) is 0 Å². The van der Waals surface area contributed by atoms with Crippen molar-refractivity contribution in [3.8, 4) is 0 Å². The Balaban J connectivity index is 1.81. The summed E-state index contributed by atoms with van der Waals surface area (Å²) in [7, 11) is 0. The summed E-state index contributed by atoms with van der Waals surface area (Å²) in [6.07, 6.45) is 4.53. The van der Waals surface area contributed by atoms with Gasteiger partial charge in [0.25, 0.3) is 11.6 Å². The van der Waals surface area contributed by atoms with Gasteiger partial charge in [0.05, 0.1) is 4.92 Å². The third-order valence-corrected chi connectivity index (χ3v) is 5.40. The SMILES string of the molecule is C[C@@H](OC(=O)[C@@H](C)Sc1ccc([N+](=O)[O-])cc1)C(=O)NC1CCCCC1. The largest absolute Gasteiger partial charge is 0.452 e. The van der Waals surface area contributed by atoms with E-state index in [1.54, 1.807) is 26.0 Å². The molecule has 1 N–H and O–H groups in total. The predicted molar refractivity (Wildman–Crippen MR) is 99.0 cm³/mol. The van der Waals surface area contributed by atoms with Crippen LogP contribution in [0.2, 0.25) is 0 Å². The van der Waals surface area contributed by atoms with Crippen molar-refractivity contribution in [2.75, 3.05) is 0 Å². The van der Waals surface area contributed by atoms with Crippen LogP contribution in [0.5, 0.6) is 0 Å². The lowest BCUT2D eigenvalue weighted by Crippen LogP contribution is -2.43. The van der Waals surface area contributed by atoms with Gasteiger partial charge in [-0.15, -0.1) is 11.8 Å². The molecule has 26 heavy (non-hydrogen) atoms. The summed E-state index contributed by atoms with van der Waals surface area (Å²) in [4.78, 5) is 35.3. The summed E-state index contributed by atoms with van der Waals surface area (Å²) in [5.74, 6) is -0.752. The smallest absolute Gasteiger partial charge is 0.319 e. The highest BCUT2D eigenvalue weighted by Gasteiger charge is 2.25. The molecule has 2 atom stereocenters. The fraction of sp³-hybridized carbons (Fsp3) is 0.556. The first-order valence-electron chi connectivity index (χ1n) is 8.79. The van der Waals surface area contributed by atoms with E-state index in [2.05, 4.69) is 5.32 Å². The van der Waals surface area contributed by atoms with Gasteiger partial charge in [0.2, 0.25) is 0 Å². The minimum absolute atomic E-state index is 0.00224. The molecule has 1 aliphatic rings. The number of rotatable bonds is 7. The molecule has 1 amide bonds. The van der Waals surface area contributed by atoms with Crippen molar-refractivity contribution >= 4 is 29.3 Å². The van der Waals surface area contributed by atoms with Crippen molar-refractivity contribution in [1.29, 1.82) is 0 Å². The highest BCUT2D eigenvalue weighted by atomic mass is 32.2. The Bertz CT molecular complexity index is 643. The number of nitro groups is 1. The minimum atomic E-state index is -0.843. The number of hydrogen-bond acceptors (Lipinski definition) is 6. The summed E-state index contributed by atoms with van der Waals surface area (Å²) in [5.41, 5.74) is -0.00224. The molecule has 0 unspecified atom stereocenters. The Kier molecular flexibility index (Phi) is 7.44.